The minimum Gasteiger partial charge on any atom is -0.352 e. The lowest BCUT2D eigenvalue weighted by Gasteiger charge is -2.33. The first kappa shape index (κ1) is 30.3. The van der Waals surface area contributed by atoms with Crippen molar-refractivity contribution in [1.29, 1.82) is 0 Å². The van der Waals surface area contributed by atoms with E-state index in [1.165, 1.54) is 9.21 Å². The van der Waals surface area contributed by atoms with Gasteiger partial charge in [0.05, 0.1) is 10.6 Å². The topological polar surface area (TPSA) is 86.8 Å². The second-order valence-corrected chi connectivity index (χ2v) is 13.2. The highest BCUT2D eigenvalue weighted by molar-refractivity contribution is 7.92. The van der Waals surface area contributed by atoms with Gasteiger partial charge in [-0.25, -0.2) is 8.42 Å². The van der Waals surface area contributed by atoms with Gasteiger partial charge in [0.15, 0.2) is 0 Å². The maximum Gasteiger partial charge on any atom is 0.264 e. The van der Waals surface area contributed by atoms with Crippen molar-refractivity contribution < 1.29 is 18.0 Å². The average Bonchev–Trinajstić information content (AvgIpc) is 3.44. The Morgan fingerprint density at radius 3 is 2.00 bits per heavy atom. The number of rotatable bonds is 10. The van der Waals surface area contributed by atoms with Crippen LogP contribution in [0.2, 0.25) is 0 Å². The maximum atomic E-state index is 14.1. The fourth-order valence-corrected chi connectivity index (χ4v) is 6.78. The van der Waals surface area contributed by atoms with Crippen molar-refractivity contribution in [3.8, 4) is 0 Å². The van der Waals surface area contributed by atoms with Gasteiger partial charge in [-0.2, -0.15) is 0 Å². The van der Waals surface area contributed by atoms with Crippen molar-refractivity contribution in [2.24, 2.45) is 0 Å². The third-order valence-electron chi connectivity index (χ3n) is 7.85. The number of sulfonamides is 1. The summed E-state index contributed by atoms with van der Waals surface area (Å²) in [5.74, 6) is -0.674. The van der Waals surface area contributed by atoms with Crippen LogP contribution in [0.3, 0.4) is 0 Å². The summed E-state index contributed by atoms with van der Waals surface area (Å²) < 4.78 is 29.3. The average molecular weight is 576 g/mol. The van der Waals surface area contributed by atoms with E-state index in [0.717, 1.165) is 53.5 Å². The molecule has 1 atom stereocenters. The Balaban J connectivity index is 1.70. The molecule has 1 saturated carbocycles. The summed E-state index contributed by atoms with van der Waals surface area (Å²) >= 11 is 0. The minimum atomic E-state index is -4.09. The summed E-state index contributed by atoms with van der Waals surface area (Å²) in [5.41, 5.74) is 5.05. The second-order valence-electron chi connectivity index (χ2n) is 11.3. The number of nitrogens with zero attached hydrogens (tertiary/aromatic N) is 2. The van der Waals surface area contributed by atoms with Crippen LogP contribution in [-0.4, -0.2) is 43.8 Å². The van der Waals surface area contributed by atoms with Crippen LogP contribution in [0.25, 0.3) is 0 Å². The first-order valence-electron chi connectivity index (χ1n) is 14.3. The lowest BCUT2D eigenvalue weighted by atomic mass is 10.1. The first-order chi connectivity index (χ1) is 19.5. The summed E-state index contributed by atoms with van der Waals surface area (Å²) in [6.07, 6.45) is 4.01. The number of anilines is 1. The first-order valence-corrected chi connectivity index (χ1v) is 15.7. The molecule has 0 radical (unpaired) electrons. The molecule has 3 aromatic rings. The molecule has 0 bridgehead atoms. The van der Waals surface area contributed by atoms with Crippen LogP contribution < -0.4 is 9.62 Å². The van der Waals surface area contributed by atoms with E-state index in [0.29, 0.717) is 5.69 Å². The third kappa shape index (κ3) is 7.36. The van der Waals surface area contributed by atoms with Gasteiger partial charge >= 0.3 is 0 Å². The van der Waals surface area contributed by atoms with Gasteiger partial charge in [0, 0.05) is 12.6 Å². The van der Waals surface area contributed by atoms with E-state index < -0.39 is 28.5 Å². The van der Waals surface area contributed by atoms with Crippen molar-refractivity contribution in [2.75, 3.05) is 10.8 Å². The molecule has 7 nitrogen and oxygen atoms in total. The van der Waals surface area contributed by atoms with Crippen LogP contribution >= 0.6 is 0 Å². The Labute approximate surface area is 244 Å². The number of carbonyl (C=O) groups is 2. The molecule has 0 spiro atoms. The predicted octanol–water partition coefficient (Wildman–Crippen LogP) is 5.59. The Hall–Kier alpha value is -3.65. The summed E-state index contributed by atoms with van der Waals surface area (Å²) in [7, 11) is -4.09. The zero-order valence-electron chi connectivity index (χ0n) is 24.7. The van der Waals surface area contributed by atoms with Gasteiger partial charge in [0.2, 0.25) is 11.8 Å². The largest absolute Gasteiger partial charge is 0.352 e. The summed E-state index contributed by atoms with van der Waals surface area (Å²) in [5, 5.41) is 3.11. The SMILES string of the molecule is Cc1ccc(CN(C(=O)CN(c2ccc(C)cc2C)S(=O)(=O)c2ccc(C)cc2)C(C)C(=O)NC2CCCC2)cc1. The number of hydrogen-bond donors (Lipinski definition) is 1. The number of hydrogen-bond acceptors (Lipinski definition) is 4. The minimum absolute atomic E-state index is 0.105. The van der Waals surface area contributed by atoms with E-state index in [4.69, 9.17) is 0 Å². The highest BCUT2D eigenvalue weighted by Crippen LogP contribution is 2.28. The third-order valence-corrected chi connectivity index (χ3v) is 9.63. The molecule has 8 heteroatoms. The molecule has 41 heavy (non-hydrogen) atoms. The van der Waals surface area contributed by atoms with E-state index in [-0.39, 0.29) is 23.4 Å². The fourth-order valence-electron chi connectivity index (χ4n) is 5.30. The molecule has 0 heterocycles. The lowest BCUT2D eigenvalue weighted by Crippen LogP contribution is -2.52. The van der Waals surface area contributed by atoms with Crippen LogP contribution in [0.4, 0.5) is 5.69 Å². The van der Waals surface area contributed by atoms with Crippen LogP contribution in [0.1, 0.15) is 60.4 Å². The van der Waals surface area contributed by atoms with Gasteiger partial charge in [-0.15, -0.1) is 0 Å². The fraction of sp³-hybridized carbons (Fsp3) is 0.394. The lowest BCUT2D eigenvalue weighted by molar-refractivity contribution is -0.139. The molecular formula is C33H41N3O4S. The summed E-state index contributed by atoms with van der Waals surface area (Å²) in [6, 6.07) is 19.2. The van der Waals surface area contributed by atoms with Gasteiger partial charge < -0.3 is 10.2 Å². The molecule has 1 N–H and O–H groups in total. The normalized spacial score (nSPS) is 14.5. The van der Waals surface area contributed by atoms with Gasteiger partial charge in [0.1, 0.15) is 12.6 Å². The van der Waals surface area contributed by atoms with E-state index in [1.54, 1.807) is 37.3 Å². The molecule has 1 aliphatic rings. The number of benzene rings is 3. The quantitative estimate of drug-likeness (QED) is 0.341. The summed E-state index contributed by atoms with van der Waals surface area (Å²) in [6.45, 7) is 9.12. The Kier molecular flexibility index (Phi) is 9.53. The Morgan fingerprint density at radius 1 is 0.854 bits per heavy atom. The highest BCUT2D eigenvalue weighted by Gasteiger charge is 2.33. The molecule has 4 rings (SSSR count). The van der Waals surface area contributed by atoms with Gasteiger partial charge in [-0.3, -0.25) is 13.9 Å². The number of nitrogens with one attached hydrogen (secondary N) is 1. The molecule has 3 aromatic carbocycles. The maximum absolute atomic E-state index is 14.1. The molecule has 218 valence electrons. The van der Waals surface area contributed by atoms with Crippen molar-refractivity contribution in [2.45, 2.75) is 83.8 Å². The van der Waals surface area contributed by atoms with Crippen LogP contribution in [0.15, 0.2) is 71.6 Å². The van der Waals surface area contributed by atoms with E-state index in [9.17, 15) is 18.0 Å². The predicted molar refractivity (Wildman–Crippen MR) is 163 cm³/mol. The molecular weight excluding hydrogens is 534 g/mol. The number of aryl methyl sites for hydroxylation is 4. The van der Waals surface area contributed by atoms with Crippen molar-refractivity contribution >= 4 is 27.5 Å². The van der Waals surface area contributed by atoms with Gasteiger partial charge in [0.25, 0.3) is 10.0 Å². The van der Waals surface area contributed by atoms with Gasteiger partial charge in [-0.05, 0) is 76.8 Å². The van der Waals surface area contributed by atoms with E-state index >= 15 is 0 Å². The zero-order valence-corrected chi connectivity index (χ0v) is 25.5. The zero-order chi connectivity index (χ0) is 29.7. The smallest absolute Gasteiger partial charge is 0.264 e. The second kappa shape index (κ2) is 12.9. The monoisotopic (exact) mass is 575 g/mol. The molecule has 0 aromatic heterocycles. The van der Waals surface area contributed by atoms with Crippen molar-refractivity contribution in [3.05, 3.63) is 94.5 Å². The van der Waals surface area contributed by atoms with Crippen molar-refractivity contribution in [3.63, 3.8) is 0 Å². The van der Waals surface area contributed by atoms with E-state index in [2.05, 4.69) is 5.32 Å². The number of amides is 2. The molecule has 2 amide bonds. The van der Waals surface area contributed by atoms with E-state index in [1.807, 2.05) is 64.1 Å². The van der Waals surface area contributed by atoms with Gasteiger partial charge in [-0.1, -0.05) is 78.1 Å². The molecule has 1 fully saturated rings. The number of carbonyl (C=O) groups excluding carboxylic acids is 2. The Bertz CT molecular complexity index is 1480. The summed E-state index contributed by atoms with van der Waals surface area (Å²) in [4.78, 5) is 29.1. The van der Waals surface area contributed by atoms with Crippen LogP contribution in [0.5, 0.6) is 0 Å². The molecule has 1 unspecified atom stereocenters. The Morgan fingerprint density at radius 2 is 1.41 bits per heavy atom. The molecule has 0 saturated heterocycles. The van der Waals surface area contributed by atoms with Crippen molar-refractivity contribution in [1.82, 2.24) is 10.2 Å². The molecule has 0 aliphatic heterocycles. The standard InChI is InChI=1S/C33H41N3O4S/c1-23-10-15-28(16-11-23)21-35(27(5)33(38)34-29-8-6-7-9-29)32(37)22-36(31-19-14-25(3)20-26(31)4)41(39,40)30-17-12-24(2)13-18-30/h10-20,27,29H,6-9,21-22H2,1-5H3,(H,34,38). The van der Waals surface area contributed by atoms with Crippen LogP contribution in [0, 0.1) is 27.7 Å². The highest BCUT2D eigenvalue weighted by atomic mass is 32.2. The molecule has 1 aliphatic carbocycles. The van der Waals surface area contributed by atoms with Crippen LogP contribution in [-0.2, 0) is 26.2 Å².